The molecule has 58 heavy (non-hydrogen) atoms. The molecular formula is C51H45N3O4. The third-order valence-electron chi connectivity index (χ3n) is 12.8. The van der Waals surface area contributed by atoms with Gasteiger partial charge in [0.05, 0.1) is 39.1 Å². The number of aromatic amines is 1. The first kappa shape index (κ1) is 36.0. The molecular weight excluding hydrogens is 719 g/mol. The molecule has 7 aromatic rings. The minimum atomic E-state index is -0.470. The van der Waals surface area contributed by atoms with Gasteiger partial charge in [-0.2, -0.15) is 0 Å². The molecule has 3 heterocycles. The first-order valence-corrected chi connectivity index (χ1v) is 20.5. The van der Waals surface area contributed by atoms with Crippen molar-refractivity contribution in [3.05, 3.63) is 141 Å². The van der Waals surface area contributed by atoms with Gasteiger partial charge < -0.3 is 4.98 Å². The largest absolute Gasteiger partial charge is 0.354 e. The predicted octanol–water partition coefficient (Wildman–Crippen LogP) is 12.1. The van der Waals surface area contributed by atoms with E-state index in [-0.39, 0.29) is 23.7 Å². The van der Waals surface area contributed by atoms with Crippen molar-refractivity contribution >= 4 is 67.6 Å². The summed E-state index contributed by atoms with van der Waals surface area (Å²) in [4.78, 5) is 69.4. The third kappa shape index (κ3) is 4.61. The number of rotatable bonds is 6. The number of para-hydroxylation sites is 3. The summed E-state index contributed by atoms with van der Waals surface area (Å²) in [5.74, 6) is -1.75. The zero-order valence-corrected chi connectivity index (χ0v) is 34.1. The molecule has 0 atom stereocenters. The van der Waals surface area contributed by atoms with Crippen LogP contribution in [0.1, 0.15) is 154 Å². The Balaban J connectivity index is 1.42. The third-order valence-corrected chi connectivity index (χ3v) is 12.8. The molecule has 1 N–H and O–H groups in total. The highest BCUT2D eigenvalue weighted by atomic mass is 16.2. The van der Waals surface area contributed by atoms with Gasteiger partial charge in [-0.25, -0.2) is 9.80 Å². The Morgan fingerprint density at radius 2 is 0.931 bits per heavy atom. The normalized spacial score (nSPS) is 14.8. The molecule has 288 valence electrons. The van der Waals surface area contributed by atoms with Gasteiger partial charge in [-0.3, -0.25) is 19.2 Å². The second kappa shape index (κ2) is 12.6. The number of fused-ring (bicyclic) bond motifs is 10. The lowest BCUT2D eigenvalue weighted by Crippen LogP contribution is -2.45. The van der Waals surface area contributed by atoms with Gasteiger partial charge >= 0.3 is 0 Å². The number of H-pyrrole nitrogens is 1. The van der Waals surface area contributed by atoms with Gasteiger partial charge in [0.2, 0.25) is 0 Å². The lowest BCUT2D eigenvalue weighted by Gasteiger charge is -2.37. The number of nitrogens with one attached hydrogen (secondary N) is 1. The smallest absolute Gasteiger partial charge is 0.268 e. The summed E-state index contributed by atoms with van der Waals surface area (Å²) in [5.41, 5.74) is 10.7. The Hall–Kier alpha value is -6.34. The van der Waals surface area contributed by atoms with E-state index in [0.717, 1.165) is 49.8 Å². The van der Waals surface area contributed by atoms with Crippen LogP contribution in [0.2, 0.25) is 0 Å². The highest BCUT2D eigenvalue weighted by Gasteiger charge is 2.49. The van der Waals surface area contributed by atoms with Crippen molar-refractivity contribution in [2.75, 3.05) is 9.80 Å². The van der Waals surface area contributed by atoms with Crippen molar-refractivity contribution < 1.29 is 19.2 Å². The fraction of sp³-hybridized carbons (Fsp3) is 0.255. The van der Waals surface area contributed by atoms with E-state index in [1.165, 1.54) is 9.80 Å². The number of amides is 4. The fourth-order valence-electron chi connectivity index (χ4n) is 10.2. The van der Waals surface area contributed by atoms with Crippen molar-refractivity contribution in [1.29, 1.82) is 0 Å². The van der Waals surface area contributed by atoms with E-state index in [1.54, 1.807) is 0 Å². The predicted molar refractivity (Wildman–Crippen MR) is 233 cm³/mol. The summed E-state index contributed by atoms with van der Waals surface area (Å²) in [6.45, 7) is 16.6. The van der Waals surface area contributed by atoms with E-state index in [9.17, 15) is 0 Å². The zero-order valence-electron chi connectivity index (χ0n) is 34.1. The highest BCUT2D eigenvalue weighted by molar-refractivity contribution is 6.49. The van der Waals surface area contributed by atoms with E-state index in [2.05, 4.69) is 60.4 Å². The Bertz CT molecular complexity index is 2980. The van der Waals surface area contributed by atoms with Crippen molar-refractivity contribution in [3.63, 3.8) is 0 Å². The van der Waals surface area contributed by atoms with Crippen molar-refractivity contribution in [2.24, 2.45) is 0 Å². The van der Waals surface area contributed by atoms with Crippen LogP contribution in [0.25, 0.3) is 43.7 Å². The molecule has 1 aromatic heterocycles. The molecule has 0 fully saturated rings. The van der Waals surface area contributed by atoms with Gasteiger partial charge in [0.1, 0.15) is 0 Å². The van der Waals surface area contributed by atoms with Gasteiger partial charge in [0.15, 0.2) is 0 Å². The van der Waals surface area contributed by atoms with Crippen molar-refractivity contribution in [2.45, 2.75) is 85.5 Å². The summed E-state index contributed by atoms with van der Waals surface area (Å²) >= 11 is 0. The molecule has 0 spiro atoms. The minimum absolute atomic E-state index is 0.0104. The summed E-state index contributed by atoms with van der Waals surface area (Å²) in [5, 5.41) is 2.13. The molecule has 0 saturated carbocycles. The fourth-order valence-corrected chi connectivity index (χ4v) is 10.2. The molecule has 10 rings (SSSR count). The number of anilines is 2. The standard InChI is InChI=1S/C51H45N3O4/c1-24(2)29-18-13-19-30(25(3)4)46(29)53-48(55)39-35-23-28-15-9-10-16-33(28)37(35)42-41-40(39)43(50(53)57)38-34-17-11-12-22-36(34)52-45(38)44(41)51(58)54(49(42)56)47-31(26(5)6)20-14-21-32(47)27(7)8/h9-22,24-27,52H,23H2,1-8H3. The first-order chi connectivity index (χ1) is 27.8. The van der Waals surface area contributed by atoms with Crippen LogP contribution in [0.3, 0.4) is 0 Å². The molecule has 6 aromatic carbocycles. The molecule has 1 aliphatic carbocycles. The number of imide groups is 2. The van der Waals surface area contributed by atoms with Crippen LogP contribution in [-0.2, 0) is 6.42 Å². The first-order valence-electron chi connectivity index (χ1n) is 20.5. The molecule has 7 heteroatoms. The molecule has 0 radical (unpaired) electrons. The Morgan fingerprint density at radius 3 is 1.50 bits per heavy atom. The summed E-state index contributed by atoms with van der Waals surface area (Å²) in [7, 11) is 0. The van der Waals surface area contributed by atoms with Crippen LogP contribution in [0.15, 0.2) is 84.9 Å². The Morgan fingerprint density at radius 1 is 0.466 bits per heavy atom. The average Bonchev–Trinajstić information content (AvgIpc) is 3.77. The molecule has 7 nitrogen and oxygen atoms in total. The van der Waals surface area contributed by atoms with E-state index >= 15 is 19.2 Å². The van der Waals surface area contributed by atoms with Crippen LogP contribution in [-0.4, -0.2) is 28.6 Å². The quantitative estimate of drug-likeness (QED) is 0.171. The van der Waals surface area contributed by atoms with Gasteiger partial charge in [-0.05, 0) is 80.7 Å². The number of hydrogen-bond donors (Lipinski definition) is 1. The topological polar surface area (TPSA) is 90.6 Å². The second-order valence-corrected chi connectivity index (χ2v) is 17.4. The van der Waals surface area contributed by atoms with Crippen LogP contribution in [0.4, 0.5) is 11.4 Å². The average molecular weight is 764 g/mol. The Labute approximate surface area is 337 Å². The maximum Gasteiger partial charge on any atom is 0.268 e. The van der Waals surface area contributed by atoms with Crippen LogP contribution in [0, 0.1) is 0 Å². The number of carbonyl (C=O) groups excluding carboxylic acids is 4. The molecule has 4 amide bonds. The molecule has 0 bridgehead atoms. The zero-order chi connectivity index (χ0) is 40.6. The minimum Gasteiger partial charge on any atom is -0.354 e. The van der Waals surface area contributed by atoms with E-state index in [4.69, 9.17) is 0 Å². The van der Waals surface area contributed by atoms with E-state index < -0.39 is 23.6 Å². The maximum atomic E-state index is 15.8. The monoisotopic (exact) mass is 763 g/mol. The highest BCUT2D eigenvalue weighted by Crippen LogP contribution is 2.54. The van der Waals surface area contributed by atoms with Crippen LogP contribution in [0.5, 0.6) is 0 Å². The number of carbonyl (C=O) groups is 4. The lowest BCUT2D eigenvalue weighted by molar-refractivity contribution is 0.0873. The van der Waals surface area contributed by atoms with Gasteiger partial charge in [0.25, 0.3) is 23.6 Å². The number of aromatic nitrogens is 1. The number of benzene rings is 6. The summed E-state index contributed by atoms with van der Waals surface area (Å²) in [6, 6.07) is 27.8. The van der Waals surface area contributed by atoms with Crippen LogP contribution >= 0.6 is 0 Å². The molecule has 3 aliphatic rings. The van der Waals surface area contributed by atoms with E-state index in [1.807, 2.05) is 84.9 Å². The van der Waals surface area contributed by atoms with Gasteiger partial charge in [-0.1, -0.05) is 134 Å². The number of hydrogen-bond acceptors (Lipinski definition) is 4. The SMILES string of the molecule is CC(C)c1cccc(C(C)C)c1N1C(=O)c2c3c(c4c5c(c6c([nH]c7ccccc76)c(c25)C1=O)C(=O)N(c1c(C(C)C)cccc1C(C)C)C4=O)Cc1ccccc1-3. The maximum absolute atomic E-state index is 15.8. The summed E-state index contributed by atoms with van der Waals surface area (Å²) in [6.07, 6.45) is 0.405. The lowest BCUT2D eigenvalue weighted by atomic mass is 9.77. The van der Waals surface area contributed by atoms with Crippen molar-refractivity contribution in [3.8, 4) is 11.1 Å². The summed E-state index contributed by atoms with van der Waals surface area (Å²) < 4.78 is 0. The molecule has 0 saturated heterocycles. The van der Waals surface area contributed by atoms with Gasteiger partial charge in [-0.15, -0.1) is 0 Å². The molecule has 0 unspecified atom stereocenters. The second-order valence-electron chi connectivity index (χ2n) is 17.4. The van der Waals surface area contributed by atoms with Crippen LogP contribution < -0.4 is 9.80 Å². The van der Waals surface area contributed by atoms with E-state index in [0.29, 0.717) is 67.3 Å². The Kier molecular flexibility index (Phi) is 7.81. The van der Waals surface area contributed by atoms with Crippen molar-refractivity contribution in [1.82, 2.24) is 4.98 Å². The number of nitrogens with zero attached hydrogens (tertiary/aromatic N) is 2. The molecule has 2 aliphatic heterocycles. The van der Waals surface area contributed by atoms with Gasteiger partial charge in [0, 0.05) is 27.1 Å².